The zero-order valence-corrected chi connectivity index (χ0v) is 13.8. The highest BCUT2D eigenvalue weighted by atomic mass is 32.2. The number of oxime groups is 1. The lowest BCUT2D eigenvalue weighted by atomic mass is 10.1. The Labute approximate surface area is 137 Å². The molecule has 0 amide bonds. The largest absolute Gasteiger partial charge is 0.610 e. The maximum Gasteiger partial charge on any atom is 0.433 e. The Bertz CT molecular complexity index is 549. The van der Waals surface area contributed by atoms with E-state index in [1.165, 1.54) is 0 Å². The molecule has 0 saturated carbocycles. The standard InChI is InChI=1S/C12H16F5N3O3S/c1-11(2)4-7(20-23-11)24(21)5-6(8(18)12(15,16)17)9(19-3)22-10(13)14/h10,18-19H,4-5H2,1-3H3/b9-6+,18-8?. The van der Waals surface area contributed by atoms with Gasteiger partial charge in [-0.2, -0.15) is 22.0 Å². The summed E-state index contributed by atoms with van der Waals surface area (Å²) in [6.07, 6.45) is -5.03. The fraction of sp³-hybridized carbons (Fsp3) is 0.667. The van der Waals surface area contributed by atoms with Gasteiger partial charge < -0.3 is 19.4 Å². The molecule has 1 aliphatic rings. The molecule has 2 N–H and O–H groups in total. The molecule has 0 bridgehead atoms. The van der Waals surface area contributed by atoms with Crippen LogP contribution in [0.15, 0.2) is 16.6 Å². The average Bonchev–Trinajstić information content (AvgIpc) is 2.80. The van der Waals surface area contributed by atoms with Gasteiger partial charge in [-0.25, -0.2) is 0 Å². The molecule has 12 heteroatoms. The van der Waals surface area contributed by atoms with E-state index in [1.807, 2.05) is 5.32 Å². The van der Waals surface area contributed by atoms with Crippen molar-refractivity contribution in [3.63, 3.8) is 0 Å². The van der Waals surface area contributed by atoms with Crippen molar-refractivity contribution < 1.29 is 36.1 Å². The zero-order chi connectivity index (χ0) is 18.7. The third kappa shape index (κ3) is 5.51. The molecule has 0 aromatic carbocycles. The molecule has 0 aliphatic carbocycles. The van der Waals surface area contributed by atoms with Gasteiger partial charge in [0.2, 0.25) is 5.88 Å². The summed E-state index contributed by atoms with van der Waals surface area (Å²) in [5, 5.41) is 12.7. The van der Waals surface area contributed by atoms with Crippen molar-refractivity contribution in [3.05, 3.63) is 11.5 Å². The second kappa shape index (κ2) is 7.55. The van der Waals surface area contributed by atoms with Crippen LogP contribution in [-0.4, -0.2) is 46.5 Å². The van der Waals surface area contributed by atoms with Gasteiger partial charge in [-0.3, -0.25) is 5.41 Å². The number of hydrogen-bond donors (Lipinski definition) is 2. The van der Waals surface area contributed by atoms with Crippen molar-refractivity contribution in [2.45, 2.75) is 38.7 Å². The van der Waals surface area contributed by atoms with Crippen molar-refractivity contribution in [2.24, 2.45) is 5.16 Å². The first-order chi connectivity index (χ1) is 10.9. The molecule has 138 valence electrons. The highest BCUT2D eigenvalue weighted by Gasteiger charge is 2.43. The smallest absolute Gasteiger partial charge is 0.433 e. The van der Waals surface area contributed by atoms with Gasteiger partial charge in [0, 0.05) is 18.2 Å². The number of nitrogens with zero attached hydrogens (tertiary/aromatic N) is 1. The van der Waals surface area contributed by atoms with Crippen molar-refractivity contribution in [2.75, 3.05) is 12.8 Å². The second-order valence-electron chi connectivity index (χ2n) is 5.31. The lowest BCUT2D eigenvalue weighted by molar-refractivity contribution is -0.102. The minimum atomic E-state index is -5.12. The summed E-state index contributed by atoms with van der Waals surface area (Å²) in [6, 6.07) is 0. The normalized spacial score (nSPS) is 19.3. The molecule has 0 saturated heterocycles. The van der Waals surface area contributed by atoms with Gasteiger partial charge in [0.05, 0.1) is 12.0 Å². The molecule has 1 atom stereocenters. The molecule has 1 aliphatic heterocycles. The van der Waals surface area contributed by atoms with Crippen LogP contribution in [0.1, 0.15) is 20.3 Å². The highest BCUT2D eigenvalue weighted by Crippen LogP contribution is 2.28. The number of rotatable bonds is 6. The summed E-state index contributed by atoms with van der Waals surface area (Å²) in [5.74, 6) is -1.85. The highest BCUT2D eigenvalue weighted by molar-refractivity contribution is 8.06. The van der Waals surface area contributed by atoms with E-state index in [2.05, 4.69) is 9.89 Å². The summed E-state index contributed by atoms with van der Waals surface area (Å²) in [7, 11) is 1.05. The van der Waals surface area contributed by atoms with Crippen LogP contribution < -0.4 is 5.32 Å². The van der Waals surface area contributed by atoms with Crippen molar-refractivity contribution in [1.82, 2.24) is 5.32 Å². The molecular weight excluding hydrogens is 361 g/mol. The monoisotopic (exact) mass is 377 g/mol. The van der Waals surface area contributed by atoms with Gasteiger partial charge in [0.25, 0.3) is 5.04 Å². The molecule has 1 rings (SSSR count). The van der Waals surface area contributed by atoms with Crippen LogP contribution in [0.3, 0.4) is 0 Å². The molecule has 0 aromatic heterocycles. The summed E-state index contributed by atoms with van der Waals surface area (Å²) < 4.78 is 79.3. The van der Waals surface area contributed by atoms with Crippen LogP contribution in [0.4, 0.5) is 22.0 Å². The third-order valence-electron chi connectivity index (χ3n) is 2.80. The lowest BCUT2D eigenvalue weighted by Crippen LogP contribution is -2.33. The Morgan fingerprint density at radius 2 is 2.08 bits per heavy atom. The minimum Gasteiger partial charge on any atom is -0.610 e. The quantitative estimate of drug-likeness (QED) is 0.322. The van der Waals surface area contributed by atoms with E-state index in [0.29, 0.717) is 0 Å². The Hall–Kier alpha value is -1.56. The molecule has 0 spiro atoms. The maximum atomic E-state index is 12.8. The van der Waals surface area contributed by atoms with Crippen LogP contribution >= 0.6 is 0 Å². The average molecular weight is 377 g/mol. The van der Waals surface area contributed by atoms with Gasteiger partial charge in [0.15, 0.2) is 0 Å². The second-order valence-corrected chi connectivity index (χ2v) is 6.76. The molecule has 24 heavy (non-hydrogen) atoms. The molecule has 6 nitrogen and oxygen atoms in total. The summed E-state index contributed by atoms with van der Waals surface area (Å²) in [4.78, 5) is 4.97. The number of alkyl halides is 5. The van der Waals surface area contributed by atoms with Crippen LogP contribution in [-0.2, 0) is 20.8 Å². The van der Waals surface area contributed by atoms with Crippen molar-refractivity contribution >= 4 is 21.9 Å². The van der Waals surface area contributed by atoms with E-state index in [1.54, 1.807) is 13.8 Å². The lowest BCUT2D eigenvalue weighted by Gasteiger charge is -2.19. The van der Waals surface area contributed by atoms with E-state index >= 15 is 0 Å². The number of nitrogens with one attached hydrogen (secondary N) is 2. The van der Waals surface area contributed by atoms with Gasteiger partial charge in [-0.1, -0.05) is 0 Å². The molecule has 1 heterocycles. The summed E-state index contributed by atoms with van der Waals surface area (Å²) >= 11 is -2.10. The molecule has 0 aromatic rings. The first-order valence-electron chi connectivity index (χ1n) is 6.52. The first-order valence-corrected chi connectivity index (χ1v) is 7.84. The van der Waals surface area contributed by atoms with E-state index < -0.39 is 52.5 Å². The third-order valence-corrected chi connectivity index (χ3v) is 4.10. The van der Waals surface area contributed by atoms with E-state index in [-0.39, 0.29) is 11.5 Å². The molecule has 0 fully saturated rings. The zero-order valence-electron chi connectivity index (χ0n) is 13.0. The van der Waals surface area contributed by atoms with E-state index in [4.69, 9.17) is 10.2 Å². The minimum absolute atomic E-state index is 0.0278. The number of halogens is 5. The fourth-order valence-electron chi connectivity index (χ4n) is 1.73. The van der Waals surface area contributed by atoms with Crippen LogP contribution in [0.25, 0.3) is 0 Å². The van der Waals surface area contributed by atoms with Gasteiger partial charge in [-0.15, -0.1) is 0 Å². The van der Waals surface area contributed by atoms with Crippen LogP contribution in [0.5, 0.6) is 0 Å². The molecule has 1 unspecified atom stereocenters. The predicted molar refractivity (Wildman–Crippen MR) is 77.2 cm³/mol. The SMILES string of the molecule is CN/C(OC(F)F)=C(/C[S+]([O-])C1=NOC(C)(C)C1)C(=N)C(F)(F)F. The Kier molecular flexibility index (Phi) is 6.45. The predicted octanol–water partition coefficient (Wildman–Crippen LogP) is 2.50. The Morgan fingerprint density at radius 1 is 1.50 bits per heavy atom. The van der Waals surface area contributed by atoms with Crippen LogP contribution in [0, 0.1) is 5.41 Å². The number of hydrogen-bond acceptors (Lipinski definition) is 6. The fourth-order valence-corrected chi connectivity index (χ4v) is 3.07. The molecule has 0 radical (unpaired) electrons. The Balaban J connectivity index is 3.10. The van der Waals surface area contributed by atoms with E-state index in [9.17, 15) is 26.5 Å². The van der Waals surface area contributed by atoms with Gasteiger partial charge >= 0.3 is 12.8 Å². The first kappa shape index (κ1) is 20.5. The maximum absolute atomic E-state index is 12.8. The topological polar surface area (TPSA) is 89.8 Å². The number of ether oxygens (including phenoxy) is 1. The van der Waals surface area contributed by atoms with Gasteiger partial charge in [0.1, 0.15) is 17.1 Å². The van der Waals surface area contributed by atoms with Crippen molar-refractivity contribution in [1.29, 1.82) is 5.41 Å². The molecular formula is C12H16F5N3O3S. The summed E-state index contributed by atoms with van der Waals surface area (Å²) in [6.45, 7) is -0.148. The Morgan fingerprint density at radius 3 is 2.46 bits per heavy atom. The summed E-state index contributed by atoms with van der Waals surface area (Å²) in [5.41, 5.74) is -3.69. The van der Waals surface area contributed by atoms with E-state index in [0.717, 1.165) is 7.05 Å². The van der Waals surface area contributed by atoms with Crippen LogP contribution in [0.2, 0.25) is 0 Å². The van der Waals surface area contributed by atoms with Crippen molar-refractivity contribution in [3.8, 4) is 0 Å². The van der Waals surface area contributed by atoms with Gasteiger partial charge in [-0.05, 0) is 19.0 Å².